The number of carbonyl (C=O) groups excluding carboxylic acids is 1. The monoisotopic (exact) mass is 438 g/mol. The quantitative estimate of drug-likeness (QED) is 0.603. The molecule has 0 radical (unpaired) electrons. The zero-order valence-electron chi connectivity index (χ0n) is 14.8. The molecule has 1 aliphatic rings. The van der Waals surface area contributed by atoms with Crippen LogP contribution in [0.2, 0.25) is 15.3 Å². The van der Waals surface area contributed by atoms with Crippen molar-refractivity contribution in [3.8, 4) is 0 Å². The summed E-state index contributed by atoms with van der Waals surface area (Å²) in [5.41, 5.74) is 2.06. The van der Waals surface area contributed by atoms with Crippen molar-refractivity contribution in [3.05, 3.63) is 45.4 Å². The molecule has 10 heteroatoms. The molecule has 0 saturated carbocycles. The Morgan fingerprint density at radius 3 is 2.96 bits per heavy atom. The molecule has 3 heterocycles. The summed E-state index contributed by atoms with van der Waals surface area (Å²) in [5.74, 6) is 0.494. The van der Waals surface area contributed by atoms with Gasteiger partial charge in [0.15, 0.2) is 11.5 Å². The maximum atomic E-state index is 12.7. The molecular weight excluding hydrogens is 423 g/mol. The van der Waals surface area contributed by atoms with E-state index in [0.29, 0.717) is 34.6 Å². The lowest BCUT2D eigenvalue weighted by Crippen LogP contribution is -2.43. The first-order chi connectivity index (χ1) is 13.5. The number of H-pyrrole nitrogens is 1. The number of piperidine rings is 1. The molecule has 0 aliphatic carbocycles. The normalized spacial score (nSPS) is 17.1. The topological polar surface area (TPSA) is 86.8 Å². The lowest BCUT2D eigenvalue weighted by molar-refractivity contribution is -0.125. The van der Waals surface area contributed by atoms with Gasteiger partial charge in [0.2, 0.25) is 11.2 Å². The lowest BCUT2D eigenvalue weighted by atomic mass is 9.97. The summed E-state index contributed by atoms with van der Waals surface area (Å²) >= 11 is 18.1. The fourth-order valence-corrected chi connectivity index (χ4v) is 4.03. The smallest absolute Gasteiger partial charge is 0.226 e. The van der Waals surface area contributed by atoms with Crippen LogP contribution in [-0.2, 0) is 11.3 Å². The summed E-state index contributed by atoms with van der Waals surface area (Å²) in [7, 11) is 0. The number of aromatic amines is 1. The first-order valence-corrected chi connectivity index (χ1v) is 9.98. The zero-order valence-corrected chi connectivity index (χ0v) is 17.0. The van der Waals surface area contributed by atoms with Crippen molar-refractivity contribution in [1.82, 2.24) is 25.3 Å². The number of aromatic nitrogens is 4. The zero-order chi connectivity index (χ0) is 19.7. The Morgan fingerprint density at radius 2 is 2.14 bits per heavy atom. The van der Waals surface area contributed by atoms with E-state index in [1.165, 1.54) is 0 Å². The number of halogens is 3. The van der Waals surface area contributed by atoms with Gasteiger partial charge in [-0.1, -0.05) is 29.3 Å². The van der Waals surface area contributed by atoms with Crippen LogP contribution in [-0.4, -0.2) is 38.9 Å². The first-order valence-electron chi connectivity index (χ1n) is 8.84. The van der Waals surface area contributed by atoms with Crippen molar-refractivity contribution in [2.75, 3.05) is 18.0 Å². The number of carbonyl (C=O) groups is 1. The van der Waals surface area contributed by atoms with Crippen molar-refractivity contribution in [3.63, 3.8) is 0 Å². The summed E-state index contributed by atoms with van der Waals surface area (Å²) in [5, 5.41) is 4.21. The fourth-order valence-electron chi connectivity index (χ4n) is 3.40. The number of imidazole rings is 1. The van der Waals surface area contributed by atoms with Crippen LogP contribution < -0.4 is 10.2 Å². The molecule has 2 aromatic heterocycles. The van der Waals surface area contributed by atoms with Gasteiger partial charge in [0, 0.05) is 29.7 Å². The number of hydrogen-bond acceptors (Lipinski definition) is 5. The molecule has 3 aromatic rings. The van der Waals surface area contributed by atoms with E-state index >= 15 is 0 Å². The summed E-state index contributed by atoms with van der Waals surface area (Å²) in [6.07, 6.45) is 3.24. The number of fused-ring (bicyclic) bond motifs is 1. The molecule has 1 fully saturated rings. The maximum Gasteiger partial charge on any atom is 0.226 e. The molecule has 28 heavy (non-hydrogen) atoms. The Bertz CT molecular complexity index is 1020. The molecule has 146 valence electrons. The molecule has 0 unspecified atom stereocenters. The molecule has 1 saturated heterocycles. The second-order valence-electron chi connectivity index (χ2n) is 6.66. The molecule has 4 rings (SSSR count). The van der Waals surface area contributed by atoms with Gasteiger partial charge >= 0.3 is 0 Å². The van der Waals surface area contributed by atoms with Gasteiger partial charge < -0.3 is 15.2 Å². The van der Waals surface area contributed by atoms with Gasteiger partial charge in [-0.3, -0.25) is 4.79 Å². The van der Waals surface area contributed by atoms with Crippen LogP contribution in [0.1, 0.15) is 18.4 Å². The van der Waals surface area contributed by atoms with Crippen LogP contribution in [0.3, 0.4) is 0 Å². The summed E-state index contributed by atoms with van der Waals surface area (Å²) < 4.78 is 0. The lowest BCUT2D eigenvalue weighted by Gasteiger charge is -2.33. The highest BCUT2D eigenvalue weighted by Gasteiger charge is 2.28. The highest BCUT2D eigenvalue weighted by molar-refractivity contribution is 6.35. The van der Waals surface area contributed by atoms with Gasteiger partial charge in [0.1, 0.15) is 5.52 Å². The minimum Gasteiger partial charge on any atom is -0.354 e. The van der Waals surface area contributed by atoms with Crippen LogP contribution in [0.4, 0.5) is 5.82 Å². The average molecular weight is 440 g/mol. The third-order valence-corrected chi connectivity index (χ3v) is 5.56. The van der Waals surface area contributed by atoms with E-state index in [0.717, 1.165) is 30.5 Å². The minimum absolute atomic E-state index is 0.0169. The predicted molar refractivity (Wildman–Crippen MR) is 110 cm³/mol. The van der Waals surface area contributed by atoms with E-state index in [1.54, 1.807) is 18.5 Å². The summed E-state index contributed by atoms with van der Waals surface area (Å²) in [6, 6.07) is 5.24. The molecule has 7 nitrogen and oxygen atoms in total. The minimum atomic E-state index is -0.161. The van der Waals surface area contributed by atoms with Crippen LogP contribution in [0.15, 0.2) is 24.5 Å². The van der Waals surface area contributed by atoms with E-state index in [4.69, 9.17) is 34.8 Å². The summed E-state index contributed by atoms with van der Waals surface area (Å²) in [6.45, 7) is 1.69. The Hall–Kier alpha value is -2.09. The molecule has 0 spiro atoms. The van der Waals surface area contributed by atoms with E-state index < -0.39 is 0 Å². The third kappa shape index (κ3) is 4.01. The number of benzene rings is 1. The number of hydrogen-bond donors (Lipinski definition) is 2. The molecule has 1 amide bonds. The van der Waals surface area contributed by atoms with Gasteiger partial charge in [-0.15, -0.1) is 0 Å². The predicted octanol–water partition coefficient (Wildman–Crippen LogP) is 3.85. The fraction of sp³-hybridized carbons (Fsp3) is 0.333. The Labute approximate surface area is 176 Å². The second-order valence-corrected chi connectivity index (χ2v) is 7.84. The highest BCUT2D eigenvalue weighted by atomic mass is 35.5. The van der Waals surface area contributed by atoms with E-state index in [2.05, 4.69) is 30.2 Å². The van der Waals surface area contributed by atoms with Gasteiger partial charge in [-0.05, 0) is 42.1 Å². The number of nitrogens with zero attached hydrogens (tertiary/aromatic N) is 4. The molecule has 1 aliphatic heterocycles. The van der Waals surface area contributed by atoms with Crippen molar-refractivity contribution in [2.45, 2.75) is 19.4 Å². The number of nitrogens with one attached hydrogen (secondary N) is 2. The van der Waals surface area contributed by atoms with Crippen molar-refractivity contribution >= 4 is 57.7 Å². The Balaban J connectivity index is 1.46. The van der Waals surface area contributed by atoms with Crippen LogP contribution in [0.25, 0.3) is 11.2 Å². The highest BCUT2D eigenvalue weighted by Crippen LogP contribution is 2.28. The maximum absolute atomic E-state index is 12.7. The molecule has 1 atom stereocenters. The number of amides is 1. The summed E-state index contributed by atoms with van der Waals surface area (Å²) in [4.78, 5) is 30.4. The largest absolute Gasteiger partial charge is 0.354 e. The second kappa shape index (κ2) is 8.11. The van der Waals surface area contributed by atoms with Crippen molar-refractivity contribution in [2.24, 2.45) is 5.92 Å². The van der Waals surface area contributed by atoms with Crippen molar-refractivity contribution in [1.29, 1.82) is 0 Å². The van der Waals surface area contributed by atoms with E-state index in [9.17, 15) is 4.79 Å². The van der Waals surface area contributed by atoms with Gasteiger partial charge in [0.05, 0.1) is 12.2 Å². The Kier molecular flexibility index (Phi) is 5.57. The van der Waals surface area contributed by atoms with Gasteiger partial charge in [0.25, 0.3) is 0 Å². The Morgan fingerprint density at radius 1 is 1.29 bits per heavy atom. The van der Waals surface area contributed by atoms with Crippen LogP contribution in [0.5, 0.6) is 0 Å². The van der Waals surface area contributed by atoms with E-state index in [1.807, 2.05) is 6.07 Å². The number of anilines is 1. The molecular formula is C18H17Cl3N6O. The molecule has 1 aromatic carbocycles. The van der Waals surface area contributed by atoms with Gasteiger partial charge in [-0.2, -0.15) is 9.97 Å². The van der Waals surface area contributed by atoms with Crippen LogP contribution >= 0.6 is 34.8 Å². The van der Waals surface area contributed by atoms with Crippen LogP contribution in [0, 0.1) is 5.92 Å². The first kappa shape index (κ1) is 19.2. The molecule has 2 N–H and O–H groups in total. The standard InChI is InChI=1S/C18H17Cl3N6O/c19-12-4-3-10(13(20)6-12)7-22-17(28)11-2-1-5-27(8-11)16-14-15(24-9-23-14)25-18(21)26-16/h3-4,6,9,11H,1-2,5,7-8H2,(H,22,28)(H,23,24,25,26)/t11-/m0/s1. The third-order valence-electron chi connectivity index (χ3n) is 4.80. The number of rotatable bonds is 4. The average Bonchev–Trinajstić information content (AvgIpc) is 3.15. The van der Waals surface area contributed by atoms with Crippen molar-refractivity contribution < 1.29 is 4.79 Å². The molecule has 0 bridgehead atoms. The van der Waals surface area contributed by atoms with E-state index in [-0.39, 0.29) is 17.1 Å². The van der Waals surface area contributed by atoms with Gasteiger partial charge in [-0.25, -0.2) is 4.98 Å². The SMILES string of the molecule is O=C(NCc1ccc(Cl)cc1Cl)[C@H]1CCCN(c2nc(Cl)nc3nc[nH]c23)C1.